The second kappa shape index (κ2) is 7.11. The molecular weight excluding hydrogens is 276 g/mol. The zero-order valence-electron chi connectivity index (χ0n) is 13.0. The van der Waals surface area contributed by atoms with Crippen LogP contribution in [0, 0.1) is 0 Å². The standard InChI is InChI=1S/C17H22N4O/c1-22-15-8-4-3-7-14(15)12-18-16-11-17(20-13-19-16)21-9-5-2-6-10-21/h3-4,7-8,11,13H,2,5-6,9-10,12H2,1H3,(H,18,19,20). The van der Waals surface area contributed by atoms with Crippen LogP contribution in [-0.4, -0.2) is 30.2 Å². The van der Waals surface area contributed by atoms with Crippen LogP contribution in [0.3, 0.4) is 0 Å². The molecule has 5 heteroatoms. The van der Waals surface area contributed by atoms with E-state index >= 15 is 0 Å². The molecule has 1 aliphatic rings. The molecule has 0 bridgehead atoms. The number of methoxy groups -OCH3 is 1. The molecule has 3 rings (SSSR count). The highest BCUT2D eigenvalue weighted by molar-refractivity contribution is 5.49. The van der Waals surface area contributed by atoms with Gasteiger partial charge in [-0.05, 0) is 25.3 Å². The number of piperidine rings is 1. The molecule has 1 saturated heterocycles. The van der Waals surface area contributed by atoms with Crippen molar-refractivity contribution in [2.24, 2.45) is 0 Å². The van der Waals surface area contributed by atoms with Gasteiger partial charge in [-0.1, -0.05) is 18.2 Å². The average molecular weight is 298 g/mol. The summed E-state index contributed by atoms with van der Waals surface area (Å²) in [5.74, 6) is 2.75. The number of hydrogen-bond acceptors (Lipinski definition) is 5. The molecule has 2 aromatic rings. The first-order valence-corrected chi connectivity index (χ1v) is 7.79. The molecule has 0 aliphatic carbocycles. The van der Waals surface area contributed by atoms with Crippen molar-refractivity contribution in [3.8, 4) is 5.75 Å². The smallest absolute Gasteiger partial charge is 0.134 e. The van der Waals surface area contributed by atoms with E-state index in [1.54, 1.807) is 13.4 Å². The van der Waals surface area contributed by atoms with Gasteiger partial charge in [0.05, 0.1) is 7.11 Å². The van der Waals surface area contributed by atoms with Gasteiger partial charge in [0.1, 0.15) is 23.7 Å². The minimum Gasteiger partial charge on any atom is -0.496 e. The molecule has 0 unspecified atom stereocenters. The van der Waals surface area contributed by atoms with Crippen LogP contribution in [0.4, 0.5) is 11.6 Å². The molecule has 0 radical (unpaired) electrons. The van der Waals surface area contributed by atoms with Gasteiger partial charge in [-0.15, -0.1) is 0 Å². The van der Waals surface area contributed by atoms with Gasteiger partial charge in [0, 0.05) is 31.3 Å². The lowest BCUT2D eigenvalue weighted by Crippen LogP contribution is -2.30. The summed E-state index contributed by atoms with van der Waals surface area (Å²) >= 11 is 0. The van der Waals surface area contributed by atoms with E-state index < -0.39 is 0 Å². The molecular formula is C17H22N4O. The summed E-state index contributed by atoms with van der Waals surface area (Å²) in [6.07, 6.45) is 5.44. The van der Waals surface area contributed by atoms with Crippen molar-refractivity contribution in [3.63, 3.8) is 0 Å². The van der Waals surface area contributed by atoms with Gasteiger partial charge in [0.25, 0.3) is 0 Å². The maximum atomic E-state index is 5.37. The van der Waals surface area contributed by atoms with E-state index in [-0.39, 0.29) is 0 Å². The molecule has 1 aromatic heterocycles. The molecule has 1 N–H and O–H groups in total. The lowest BCUT2D eigenvalue weighted by Gasteiger charge is -2.27. The largest absolute Gasteiger partial charge is 0.496 e. The van der Waals surface area contributed by atoms with E-state index in [0.717, 1.165) is 36.0 Å². The number of anilines is 2. The van der Waals surface area contributed by atoms with Crippen molar-refractivity contribution in [1.29, 1.82) is 0 Å². The minimum atomic E-state index is 0.681. The van der Waals surface area contributed by atoms with E-state index in [4.69, 9.17) is 4.74 Å². The monoisotopic (exact) mass is 298 g/mol. The van der Waals surface area contributed by atoms with Crippen LogP contribution in [0.5, 0.6) is 5.75 Å². The van der Waals surface area contributed by atoms with Crippen LogP contribution in [-0.2, 0) is 6.54 Å². The number of nitrogens with one attached hydrogen (secondary N) is 1. The number of aromatic nitrogens is 2. The molecule has 0 saturated carbocycles. The molecule has 22 heavy (non-hydrogen) atoms. The van der Waals surface area contributed by atoms with Crippen LogP contribution in [0.15, 0.2) is 36.7 Å². The van der Waals surface area contributed by atoms with E-state index in [1.807, 2.05) is 24.3 Å². The fourth-order valence-electron chi connectivity index (χ4n) is 2.77. The van der Waals surface area contributed by atoms with Crippen LogP contribution in [0.1, 0.15) is 24.8 Å². The fourth-order valence-corrected chi connectivity index (χ4v) is 2.77. The molecule has 0 spiro atoms. The number of hydrogen-bond donors (Lipinski definition) is 1. The third kappa shape index (κ3) is 3.47. The minimum absolute atomic E-state index is 0.681. The topological polar surface area (TPSA) is 50.3 Å². The lowest BCUT2D eigenvalue weighted by molar-refractivity contribution is 0.410. The zero-order chi connectivity index (χ0) is 15.2. The first kappa shape index (κ1) is 14.6. The van der Waals surface area contributed by atoms with E-state index in [2.05, 4.69) is 26.3 Å². The van der Waals surface area contributed by atoms with Crippen LogP contribution < -0.4 is 15.0 Å². The molecule has 5 nitrogen and oxygen atoms in total. The van der Waals surface area contributed by atoms with E-state index in [9.17, 15) is 0 Å². The van der Waals surface area contributed by atoms with Gasteiger partial charge >= 0.3 is 0 Å². The molecule has 0 atom stereocenters. The molecule has 116 valence electrons. The fraction of sp³-hybridized carbons (Fsp3) is 0.412. The van der Waals surface area contributed by atoms with Crippen molar-refractivity contribution in [2.75, 3.05) is 30.4 Å². The Balaban J connectivity index is 1.67. The Bertz CT molecular complexity index is 611. The van der Waals surface area contributed by atoms with Crippen LogP contribution in [0.2, 0.25) is 0 Å². The number of rotatable bonds is 5. The third-order valence-electron chi connectivity index (χ3n) is 3.99. The number of nitrogens with zero attached hydrogens (tertiary/aromatic N) is 3. The van der Waals surface area contributed by atoms with Gasteiger partial charge < -0.3 is 15.0 Å². The maximum Gasteiger partial charge on any atom is 0.134 e. The summed E-state index contributed by atoms with van der Waals surface area (Å²) in [6.45, 7) is 2.85. The molecule has 1 aromatic carbocycles. The van der Waals surface area contributed by atoms with Gasteiger partial charge in [0.2, 0.25) is 0 Å². The Morgan fingerprint density at radius 3 is 2.77 bits per heavy atom. The predicted octanol–water partition coefficient (Wildman–Crippen LogP) is 3.09. The van der Waals surface area contributed by atoms with Crippen molar-refractivity contribution < 1.29 is 4.74 Å². The molecule has 1 aliphatic heterocycles. The second-order valence-electron chi connectivity index (χ2n) is 5.47. The number of ether oxygens (including phenoxy) is 1. The molecule has 0 amide bonds. The summed E-state index contributed by atoms with van der Waals surface area (Å²) in [7, 11) is 1.69. The SMILES string of the molecule is COc1ccccc1CNc1cc(N2CCCCC2)ncn1. The lowest BCUT2D eigenvalue weighted by atomic mass is 10.1. The third-order valence-corrected chi connectivity index (χ3v) is 3.99. The normalized spacial score (nSPS) is 14.7. The Morgan fingerprint density at radius 2 is 1.95 bits per heavy atom. The second-order valence-corrected chi connectivity index (χ2v) is 5.47. The van der Waals surface area contributed by atoms with Crippen LogP contribution in [0.25, 0.3) is 0 Å². The predicted molar refractivity (Wildman–Crippen MR) is 88.4 cm³/mol. The van der Waals surface area contributed by atoms with E-state index in [0.29, 0.717) is 6.54 Å². The first-order valence-electron chi connectivity index (χ1n) is 7.79. The summed E-state index contributed by atoms with van der Waals surface area (Å²) in [5.41, 5.74) is 1.11. The van der Waals surface area contributed by atoms with Crippen molar-refractivity contribution in [3.05, 3.63) is 42.2 Å². The van der Waals surface area contributed by atoms with Crippen molar-refractivity contribution >= 4 is 11.6 Å². The average Bonchev–Trinajstić information content (AvgIpc) is 2.61. The number of para-hydroxylation sites is 1. The summed E-state index contributed by atoms with van der Waals surface area (Å²) in [6, 6.07) is 10.0. The number of benzene rings is 1. The Labute approximate surface area is 131 Å². The molecule has 2 heterocycles. The van der Waals surface area contributed by atoms with Crippen LogP contribution >= 0.6 is 0 Å². The highest BCUT2D eigenvalue weighted by Crippen LogP contribution is 2.21. The summed E-state index contributed by atoms with van der Waals surface area (Å²) < 4.78 is 5.37. The summed E-state index contributed by atoms with van der Waals surface area (Å²) in [5, 5.41) is 3.36. The molecule has 1 fully saturated rings. The van der Waals surface area contributed by atoms with Crippen molar-refractivity contribution in [2.45, 2.75) is 25.8 Å². The van der Waals surface area contributed by atoms with Gasteiger partial charge in [0.15, 0.2) is 0 Å². The van der Waals surface area contributed by atoms with Gasteiger partial charge in [-0.3, -0.25) is 0 Å². The highest BCUT2D eigenvalue weighted by Gasteiger charge is 2.12. The van der Waals surface area contributed by atoms with E-state index in [1.165, 1.54) is 19.3 Å². The zero-order valence-corrected chi connectivity index (χ0v) is 13.0. The maximum absolute atomic E-state index is 5.37. The first-order chi connectivity index (χ1) is 10.9. The Hall–Kier alpha value is -2.30. The van der Waals surface area contributed by atoms with Crippen molar-refractivity contribution in [1.82, 2.24) is 9.97 Å². The Kier molecular flexibility index (Phi) is 4.73. The highest BCUT2D eigenvalue weighted by atomic mass is 16.5. The summed E-state index contributed by atoms with van der Waals surface area (Å²) in [4.78, 5) is 11.0. The quantitative estimate of drug-likeness (QED) is 0.919. The van der Waals surface area contributed by atoms with Gasteiger partial charge in [-0.2, -0.15) is 0 Å². The Morgan fingerprint density at radius 1 is 1.14 bits per heavy atom. The van der Waals surface area contributed by atoms with Gasteiger partial charge in [-0.25, -0.2) is 9.97 Å².